The van der Waals surface area contributed by atoms with E-state index in [1.807, 2.05) is 13.8 Å². The number of rotatable bonds is 6. The molecule has 0 aliphatic carbocycles. The van der Waals surface area contributed by atoms with E-state index in [-0.39, 0.29) is 24.9 Å². The summed E-state index contributed by atoms with van der Waals surface area (Å²) < 4.78 is 18.4. The number of nitrogens with zero attached hydrogens (tertiary/aromatic N) is 1. The van der Waals surface area contributed by atoms with Crippen molar-refractivity contribution in [1.29, 1.82) is 0 Å². The molecule has 0 aliphatic heterocycles. The summed E-state index contributed by atoms with van der Waals surface area (Å²) in [5.74, 6) is -0.344. The Kier molecular flexibility index (Phi) is 6.90. The van der Waals surface area contributed by atoms with Gasteiger partial charge in [-0.05, 0) is 37.6 Å². The van der Waals surface area contributed by atoms with Gasteiger partial charge in [-0.15, -0.1) is 0 Å². The lowest BCUT2D eigenvalue weighted by molar-refractivity contribution is -0.121. The number of aromatic nitrogens is 1. The summed E-state index contributed by atoms with van der Waals surface area (Å²) >= 11 is 0. The van der Waals surface area contributed by atoms with Crippen molar-refractivity contribution in [3.63, 3.8) is 0 Å². The van der Waals surface area contributed by atoms with Crippen molar-refractivity contribution in [3.05, 3.63) is 59.5 Å². The van der Waals surface area contributed by atoms with E-state index >= 15 is 0 Å². The highest BCUT2D eigenvalue weighted by atomic mass is 19.1. The summed E-state index contributed by atoms with van der Waals surface area (Å²) in [5, 5.41) is 2.60. The summed E-state index contributed by atoms with van der Waals surface area (Å²) in [5.41, 5.74) is 5.90. The van der Waals surface area contributed by atoms with Crippen LogP contribution in [-0.2, 0) is 17.8 Å². The third-order valence-corrected chi connectivity index (χ3v) is 3.23. The van der Waals surface area contributed by atoms with Crippen molar-refractivity contribution < 1.29 is 18.7 Å². The number of hydrogen-bond donors (Lipinski definition) is 3. The van der Waals surface area contributed by atoms with Crippen LogP contribution in [0.2, 0.25) is 0 Å². The highest BCUT2D eigenvalue weighted by Crippen LogP contribution is 2.15. The molecule has 0 saturated heterocycles. The summed E-state index contributed by atoms with van der Waals surface area (Å²) in [6.45, 7) is 3.96. The fourth-order valence-electron chi connectivity index (χ4n) is 2.07. The van der Waals surface area contributed by atoms with Crippen LogP contribution < -0.4 is 20.9 Å². The van der Waals surface area contributed by atoms with E-state index in [4.69, 9.17) is 4.74 Å². The lowest BCUT2D eigenvalue weighted by Gasteiger charge is -2.13. The Morgan fingerprint density at radius 2 is 1.88 bits per heavy atom. The quantitative estimate of drug-likeness (QED) is 0.688. The van der Waals surface area contributed by atoms with E-state index in [1.165, 1.54) is 24.3 Å². The molecule has 2 rings (SSSR count). The zero-order valence-corrected chi connectivity index (χ0v) is 14.6. The molecule has 0 atom stereocenters. The number of hydrogen-bond acceptors (Lipinski definition) is 4. The molecule has 0 spiro atoms. The Bertz CT molecular complexity index is 750. The maximum atomic E-state index is 12.8. The van der Waals surface area contributed by atoms with Crippen LogP contribution in [0, 0.1) is 5.82 Å². The summed E-state index contributed by atoms with van der Waals surface area (Å²) in [6.07, 6.45) is 1.59. The van der Waals surface area contributed by atoms with Crippen molar-refractivity contribution in [2.24, 2.45) is 0 Å². The number of amides is 3. The molecule has 0 bridgehead atoms. The van der Waals surface area contributed by atoms with Gasteiger partial charge in [-0.2, -0.15) is 0 Å². The molecule has 2 aromatic rings. The van der Waals surface area contributed by atoms with Crippen LogP contribution in [0.4, 0.5) is 9.18 Å². The Labute approximate surface area is 150 Å². The van der Waals surface area contributed by atoms with Gasteiger partial charge in [0.25, 0.3) is 0 Å². The predicted octanol–water partition coefficient (Wildman–Crippen LogP) is 2.08. The molecule has 3 amide bonds. The number of carbonyl (C=O) groups is 2. The van der Waals surface area contributed by atoms with Crippen LogP contribution in [0.25, 0.3) is 0 Å². The van der Waals surface area contributed by atoms with Crippen molar-refractivity contribution in [2.45, 2.75) is 32.9 Å². The smallest absolute Gasteiger partial charge is 0.333 e. The average Bonchev–Trinajstić information content (AvgIpc) is 2.61. The first kappa shape index (κ1) is 19.2. The molecule has 0 radical (unpaired) electrons. The number of carbonyl (C=O) groups excluding carboxylic acids is 2. The Balaban J connectivity index is 1.77. The predicted molar refractivity (Wildman–Crippen MR) is 93.6 cm³/mol. The van der Waals surface area contributed by atoms with E-state index in [9.17, 15) is 14.0 Å². The monoisotopic (exact) mass is 360 g/mol. The average molecular weight is 360 g/mol. The second-order valence-corrected chi connectivity index (χ2v) is 5.79. The molecule has 1 aromatic carbocycles. The van der Waals surface area contributed by atoms with Crippen LogP contribution in [-0.4, -0.2) is 23.0 Å². The fourth-order valence-corrected chi connectivity index (χ4v) is 2.07. The van der Waals surface area contributed by atoms with Crippen LogP contribution in [0.1, 0.15) is 25.0 Å². The topological polar surface area (TPSA) is 92.3 Å². The number of urea groups is 1. The number of benzene rings is 1. The van der Waals surface area contributed by atoms with Gasteiger partial charge in [0.2, 0.25) is 11.8 Å². The van der Waals surface area contributed by atoms with Crippen LogP contribution in [0.5, 0.6) is 5.88 Å². The second-order valence-electron chi connectivity index (χ2n) is 5.79. The standard InChI is InChI=1S/C18H21FN4O3/c1-12(2)26-17-14(4-3-9-20-17)11-21-18(25)23-22-16(24)10-13-5-7-15(19)8-6-13/h3-9,12H,10-11H2,1-2H3,(H,22,24)(H2,21,23,25). The molecular formula is C18H21FN4O3. The van der Waals surface area contributed by atoms with Crippen molar-refractivity contribution in [3.8, 4) is 5.88 Å². The SMILES string of the molecule is CC(C)Oc1ncccc1CNC(=O)NNC(=O)Cc1ccc(F)cc1. The zero-order valence-electron chi connectivity index (χ0n) is 14.6. The molecule has 0 unspecified atom stereocenters. The van der Waals surface area contributed by atoms with Gasteiger partial charge < -0.3 is 10.1 Å². The lowest BCUT2D eigenvalue weighted by Crippen LogP contribution is -2.47. The van der Waals surface area contributed by atoms with Crippen LogP contribution >= 0.6 is 0 Å². The lowest BCUT2D eigenvalue weighted by atomic mass is 10.1. The van der Waals surface area contributed by atoms with E-state index in [0.29, 0.717) is 17.0 Å². The van der Waals surface area contributed by atoms with Gasteiger partial charge in [-0.25, -0.2) is 19.6 Å². The minimum Gasteiger partial charge on any atom is -0.475 e. The minimum absolute atomic E-state index is 0.0234. The molecule has 7 nitrogen and oxygen atoms in total. The number of pyridine rings is 1. The summed E-state index contributed by atoms with van der Waals surface area (Å²) in [4.78, 5) is 27.7. The van der Waals surface area contributed by atoms with Gasteiger partial charge in [0.15, 0.2) is 0 Å². The first-order valence-electron chi connectivity index (χ1n) is 8.11. The third-order valence-electron chi connectivity index (χ3n) is 3.23. The molecule has 8 heteroatoms. The summed E-state index contributed by atoms with van der Waals surface area (Å²) in [6, 6.07) is 8.52. The van der Waals surface area contributed by atoms with E-state index < -0.39 is 11.9 Å². The maximum absolute atomic E-state index is 12.8. The first-order chi connectivity index (χ1) is 12.4. The number of nitrogens with one attached hydrogen (secondary N) is 3. The Hall–Kier alpha value is -3.16. The second kappa shape index (κ2) is 9.36. The largest absolute Gasteiger partial charge is 0.475 e. The maximum Gasteiger partial charge on any atom is 0.333 e. The van der Waals surface area contributed by atoms with Crippen LogP contribution in [0.15, 0.2) is 42.6 Å². The minimum atomic E-state index is -0.572. The van der Waals surface area contributed by atoms with E-state index in [0.717, 1.165) is 0 Å². The molecule has 0 fully saturated rings. The van der Waals surface area contributed by atoms with Crippen molar-refractivity contribution in [1.82, 2.24) is 21.2 Å². The van der Waals surface area contributed by atoms with Gasteiger partial charge in [-0.1, -0.05) is 18.2 Å². The number of ether oxygens (including phenoxy) is 1. The molecule has 26 heavy (non-hydrogen) atoms. The molecule has 1 aromatic heterocycles. The highest BCUT2D eigenvalue weighted by Gasteiger charge is 2.09. The van der Waals surface area contributed by atoms with Gasteiger partial charge in [-0.3, -0.25) is 10.2 Å². The number of hydrazine groups is 1. The Morgan fingerprint density at radius 1 is 1.15 bits per heavy atom. The molecule has 0 saturated carbocycles. The summed E-state index contributed by atoms with van der Waals surface area (Å²) in [7, 11) is 0. The van der Waals surface area contributed by atoms with Gasteiger partial charge in [0.1, 0.15) is 5.82 Å². The number of halogens is 1. The molecular weight excluding hydrogens is 339 g/mol. The first-order valence-corrected chi connectivity index (χ1v) is 8.11. The third kappa shape index (κ3) is 6.39. The van der Waals surface area contributed by atoms with E-state index in [1.54, 1.807) is 18.3 Å². The van der Waals surface area contributed by atoms with Crippen molar-refractivity contribution in [2.75, 3.05) is 0 Å². The molecule has 0 aliphatic rings. The van der Waals surface area contributed by atoms with Gasteiger partial charge in [0.05, 0.1) is 12.5 Å². The van der Waals surface area contributed by atoms with Gasteiger partial charge >= 0.3 is 6.03 Å². The molecule has 3 N–H and O–H groups in total. The molecule has 1 heterocycles. The van der Waals surface area contributed by atoms with Crippen molar-refractivity contribution >= 4 is 11.9 Å². The Morgan fingerprint density at radius 3 is 2.58 bits per heavy atom. The molecule has 138 valence electrons. The zero-order chi connectivity index (χ0) is 18.9. The normalized spacial score (nSPS) is 10.3. The van der Waals surface area contributed by atoms with Gasteiger partial charge in [0, 0.05) is 18.3 Å². The van der Waals surface area contributed by atoms with E-state index in [2.05, 4.69) is 21.2 Å². The van der Waals surface area contributed by atoms with Crippen LogP contribution in [0.3, 0.4) is 0 Å². The highest BCUT2D eigenvalue weighted by molar-refractivity contribution is 5.82. The fraction of sp³-hybridized carbons (Fsp3) is 0.278.